The van der Waals surface area contributed by atoms with Crippen molar-refractivity contribution in [2.24, 2.45) is 10.7 Å². The van der Waals surface area contributed by atoms with Crippen LogP contribution >= 0.6 is 0 Å². The predicted octanol–water partition coefficient (Wildman–Crippen LogP) is 0.591. The standard InChI is InChI=1S/C11H20N6/c1-11(2,3)17-10(12)16-7-6-15-9-8-13-4-5-14-9/h4-5,8H,6-7H2,1-3H3,(H,14,15)(H3,12,16,17). The zero-order valence-corrected chi connectivity index (χ0v) is 10.6. The van der Waals surface area contributed by atoms with Crippen LogP contribution in [0.15, 0.2) is 23.6 Å². The molecule has 1 aromatic heterocycles. The molecule has 0 bridgehead atoms. The monoisotopic (exact) mass is 236 g/mol. The van der Waals surface area contributed by atoms with Crippen LogP contribution < -0.4 is 16.4 Å². The number of aromatic nitrogens is 2. The molecule has 0 fully saturated rings. The lowest BCUT2D eigenvalue weighted by atomic mass is 10.1. The third-order valence-electron chi connectivity index (χ3n) is 1.77. The van der Waals surface area contributed by atoms with Gasteiger partial charge in [0.25, 0.3) is 0 Å². The van der Waals surface area contributed by atoms with Crippen LogP contribution in [0, 0.1) is 0 Å². The maximum absolute atomic E-state index is 5.72. The number of rotatable bonds is 4. The van der Waals surface area contributed by atoms with E-state index in [0.29, 0.717) is 19.0 Å². The summed E-state index contributed by atoms with van der Waals surface area (Å²) in [7, 11) is 0. The minimum atomic E-state index is -0.0636. The van der Waals surface area contributed by atoms with Gasteiger partial charge in [-0.3, -0.25) is 9.98 Å². The first-order valence-corrected chi connectivity index (χ1v) is 5.55. The number of aliphatic imine (C=N–C) groups is 1. The van der Waals surface area contributed by atoms with Gasteiger partial charge < -0.3 is 16.4 Å². The van der Waals surface area contributed by atoms with Crippen molar-refractivity contribution >= 4 is 11.8 Å². The summed E-state index contributed by atoms with van der Waals surface area (Å²) in [5, 5.41) is 6.19. The zero-order chi connectivity index (χ0) is 12.7. The maximum atomic E-state index is 5.72. The number of hydrogen-bond acceptors (Lipinski definition) is 4. The SMILES string of the molecule is CC(C)(C)NC(N)=NCCNc1cnccn1. The molecule has 1 rings (SSSR count). The van der Waals surface area contributed by atoms with Crippen LogP contribution in [0.5, 0.6) is 0 Å². The van der Waals surface area contributed by atoms with Gasteiger partial charge in [-0.05, 0) is 20.8 Å². The second-order valence-electron chi connectivity index (χ2n) is 4.66. The fourth-order valence-electron chi connectivity index (χ4n) is 1.17. The van der Waals surface area contributed by atoms with E-state index in [-0.39, 0.29) is 5.54 Å². The molecule has 94 valence electrons. The lowest BCUT2D eigenvalue weighted by molar-refractivity contribution is 0.508. The molecule has 4 N–H and O–H groups in total. The van der Waals surface area contributed by atoms with E-state index in [1.54, 1.807) is 18.6 Å². The molecule has 0 spiro atoms. The van der Waals surface area contributed by atoms with Crippen molar-refractivity contribution in [2.45, 2.75) is 26.3 Å². The molecule has 0 aliphatic heterocycles. The number of guanidine groups is 1. The summed E-state index contributed by atoms with van der Waals surface area (Å²) in [6.45, 7) is 7.37. The summed E-state index contributed by atoms with van der Waals surface area (Å²) in [6.07, 6.45) is 4.94. The van der Waals surface area contributed by atoms with Crippen molar-refractivity contribution < 1.29 is 0 Å². The Labute approximate surface area is 102 Å². The van der Waals surface area contributed by atoms with E-state index in [9.17, 15) is 0 Å². The third-order valence-corrected chi connectivity index (χ3v) is 1.77. The molecule has 0 unspecified atom stereocenters. The molecule has 1 heterocycles. The van der Waals surface area contributed by atoms with Gasteiger partial charge >= 0.3 is 0 Å². The Morgan fingerprint density at radius 1 is 1.41 bits per heavy atom. The van der Waals surface area contributed by atoms with Crippen LogP contribution in [0.3, 0.4) is 0 Å². The maximum Gasteiger partial charge on any atom is 0.189 e. The summed E-state index contributed by atoms with van der Waals surface area (Å²) in [4.78, 5) is 12.2. The van der Waals surface area contributed by atoms with Crippen LogP contribution in [0.2, 0.25) is 0 Å². The van der Waals surface area contributed by atoms with Crippen molar-refractivity contribution in [1.82, 2.24) is 15.3 Å². The minimum absolute atomic E-state index is 0.0636. The molecule has 0 saturated heterocycles. The first-order valence-electron chi connectivity index (χ1n) is 5.55. The first kappa shape index (κ1) is 13.2. The Kier molecular flexibility index (Phi) is 4.68. The van der Waals surface area contributed by atoms with Gasteiger partial charge in [-0.15, -0.1) is 0 Å². The molecule has 0 radical (unpaired) electrons. The van der Waals surface area contributed by atoms with Crippen molar-refractivity contribution in [3.05, 3.63) is 18.6 Å². The van der Waals surface area contributed by atoms with E-state index in [4.69, 9.17) is 5.73 Å². The molecule has 0 aromatic carbocycles. The third kappa shape index (κ3) is 6.34. The molecule has 6 heteroatoms. The fraction of sp³-hybridized carbons (Fsp3) is 0.545. The highest BCUT2D eigenvalue weighted by molar-refractivity contribution is 5.78. The van der Waals surface area contributed by atoms with Crippen LogP contribution in [0.25, 0.3) is 0 Å². The summed E-state index contributed by atoms with van der Waals surface area (Å²) in [6, 6.07) is 0. The molecule has 6 nitrogen and oxygen atoms in total. The van der Waals surface area contributed by atoms with E-state index in [2.05, 4.69) is 25.6 Å². The smallest absolute Gasteiger partial charge is 0.189 e. The predicted molar refractivity (Wildman–Crippen MR) is 69.9 cm³/mol. The van der Waals surface area contributed by atoms with Crippen molar-refractivity contribution in [3.8, 4) is 0 Å². The van der Waals surface area contributed by atoms with Gasteiger partial charge in [0.2, 0.25) is 0 Å². The van der Waals surface area contributed by atoms with E-state index in [1.165, 1.54) is 0 Å². The lowest BCUT2D eigenvalue weighted by Gasteiger charge is -2.20. The van der Waals surface area contributed by atoms with E-state index < -0.39 is 0 Å². The lowest BCUT2D eigenvalue weighted by Crippen LogP contribution is -2.45. The molecule has 1 aromatic rings. The topological polar surface area (TPSA) is 88.2 Å². The zero-order valence-electron chi connectivity index (χ0n) is 10.6. The second kappa shape index (κ2) is 6.03. The van der Waals surface area contributed by atoms with Crippen molar-refractivity contribution in [3.63, 3.8) is 0 Å². The van der Waals surface area contributed by atoms with Gasteiger partial charge in [0, 0.05) is 24.5 Å². The number of anilines is 1. The fourth-order valence-corrected chi connectivity index (χ4v) is 1.17. The van der Waals surface area contributed by atoms with Crippen LogP contribution in [0.4, 0.5) is 5.82 Å². The highest BCUT2D eigenvalue weighted by Gasteiger charge is 2.09. The van der Waals surface area contributed by atoms with Gasteiger partial charge in [-0.25, -0.2) is 4.98 Å². The molecule has 0 aliphatic rings. The molecule has 17 heavy (non-hydrogen) atoms. The van der Waals surface area contributed by atoms with E-state index in [0.717, 1.165) is 5.82 Å². The van der Waals surface area contributed by atoms with Crippen molar-refractivity contribution in [1.29, 1.82) is 0 Å². The molecule has 0 aliphatic carbocycles. The van der Waals surface area contributed by atoms with Gasteiger partial charge in [-0.1, -0.05) is 0 Å². The number of hydrogen-bond donors (Lipinski definition) is 3. The highest BCUT2D eigenvalue weighted by Crippen LogP contribution is 1.97. The average molecular weight is 236 g/mol. The summed E-state index contributed by atoms with van der Waals surface area (Å²) in [5.41, 5.74) is 5.66. The van der Waals surface area contributed by atoms with Gasteiger partial charge in [0.15, 0.2) is 5.96 Å². The molecular formula is C11H20N6. The second-order valence-corrected chi connectivity index (χ2v) is 4.66. The average Bonchev–Trinajstić information content (AvgIpc) is 2.23. The molecule has 0 saturated carbocycles. The summed E-state index contributed by atoms with van der Waals surface area (Å²) in [5.74, 6) is 1.20. The van der Waals surface area contributed by atoms with Gasteiger partial charge in [0.1, 0.15) is 5.82 Å². The number of nitrogens with zero attached hydrogens (tertiary/aromatic N) is 3. The van der Waals surface area contributed by atoms with Crippen molar-refractivity contribution in [2.75, 3.05) is 18.4 Å². The Morgan fingerprint density at radius 3 is 2.76 bits per heavy atom. The Hall–Kier alpha value is -1.85. The van der Waals surface area contributed by atoms with Crippen LogP contribution in [-0.4, -0.2) is 34.6 Å². The normalized spacial score (nSPS) is 12.3. The quantitative estimate of drug-likeness (QED) is 0.404. The Morgan fingerprint density at radius 2 is 2.18 bits per heavy atom. The van der Waals surface area contributed by atoms with Gasteiger partial charge in [-0.2, -0.15) is 0 Å². The minimum Gasteiger partial charge on any atom is -0.370 e. The van der Waals surface area contributed by atoms with E-state index in [1.807, 2.05) is 20.8 Å². The Bertz CT molecular complexity index is 354. The Balaban J connectivity index is 2.26. The molecule has 0 atom stereocenters. The first-order chi connectivity index (χ1) is 7.97. The number of nitrogens with two attached hydrogens (primary N) is 1. The van der Waals surface area contributed by atoms with Crippen LogP contribution in [-0.2, 0) is 0 Å². The molecule has 0 amide bonds. The summed E-state index contributed by atoms with van der Waals surface area (Å²) >= 11 is 0. The van der Waals surface area contributed by atoms with E-state index >= 15 is 0 Å². The van der Waals surface area contributed by atoms with Crippen LogP contribution in [0.1, 0.15) is 20.8 Å². The summed E-state index contributed by atoms with van der Waals surface area (Å²) < 4.78 is 0. The van der Waals surface area contributed by atoms with Gasteiger partial charge in [0.05, 0.1) is 12.7 Å². The largest absolute Gasteiger partial charge is 0.370 e. The highest BCUT2D eigenvalue weighted by atomic mass is 15.1. The molecular weight excluding hydrogens is 216 g/mol. The number of nitrogens with one attached hydrogen (secondary N) is 2.